The Morgan fingerprint density at radius 1 is 0.796 bits per heavy atom. The Morgan fingerprint density at radius 3 is 1.73 bits per heavy atom. The van der Waals surface area contributed by atoms with E-state index in [0.29, 0.717) is 0 Å². The molecule has 0 bridgehead atoms. The lowest BCUT2D eigenvalue weighted by molar-refractivity contribution is -0.262. The molecule has 1 fully saturated rings. The molecule has 0 radical (unpaired) electrons. The van der Waals surface area contributed by atoms with Crippen LogP contribution in [0.3, 0.4) is 0 Å². The Morgan fingerprint density at radius 2 is 1.27 bits per heavy atom. The van der Waals surface area contributed by atoms with Gasteiger partial charge in [0.05, 0.1) is 35.8 Å². The summed E-state index contributed by atoms with van der Waals surface area (Å²) in [6.07, 6.45) is -8.56. The highest BCUT2D eigenvalue weighted by Gasteiger charge is 2.53. The van der Waals surface area contributed by atoms with Crippen LogP contribution >= 0.6 is 8.53 Å². The number of carbonyl (C=O) groups is 3. The van der Waals surface area contributed by atoms with E-state index in [1.165, 1.54) is 24.3 Å². The number of ether oxygens (including phenoxy) is 4. The number of hydrogen-bond donors (Lipinski definition) is 0. The Balaban J connectivity index is 1.71. The number of esters is 3. The number of nitrogens with zero attached hydrogens (tertiary/aromatic N) is 2. The van der Waals surface area contributed by atoms with Gasteiger partial charge in [-0.2, -0.15) is 5.26 Å². The second kappa shape index (κ2) is 18.5. The molecule has 3 aromatic carbocycles. The van der Waals surface area contributed by atoms with Gasteiger partial charge in [-0.15, -0.1) is 0 Å². The van der Waals surface area contributed by atoms with Gasteiger partial charge in [-0.1, -0.05) is 54.6 Å². The zero-order valence-electron chi connectivity index (χ0n) is 27.7. The molecular formula is C36H40FN2O9P. The predicted octanol–water partition coefficient (Wildman–Crippen LogP) is 6.65. The van der Waals surface area contributed by atoms with E-state index in [4.69, 9.17) is 33.3 Å². The van der Waals surface area contributed by atoms with Gasteiger partial charge in [0.25, 0.3) is 8.53 Å². The van der Waals surface area contributed by atoms with E-state index in [-0.39, 0.29) is 41.8 Å². The summed E-state index contributed by atoms with van der Waals surface area (Å²) in [6, 6.07) is 25.9. The number of carbonyl (C=O) groups excluding carboxylic acids is 3. The van der Waals surface area contributed by atoms with E-state index < -0.39 is 63.8 Å². The molecule has 3 aromatic rings. The van der Waals surface area contributed by atoms with Crippen molar-refractivity contribution in [3.05, 3.63) is 108 Å². The molecule has 6 atom stereocenters. The molecule has 0 spiro atoms. The second-order valence-corrected chi connectivity index (χ2v) is 13.0. The molecule has 1 saturated heterocycles. The molecule has 11 nitrogen and oxygen atoms in total. The minimum Gasteiger partial charge on any atom is -0.459 e. The van der Waals surface area contributed by atoms with Gasteiger partial charge in [-0.25, -0.2) is 23.4 Å². The first kappa shape index (κ1) is 37.6. The van der Waals surface area contributed by atoms with Gasteiger partial charge in [0.15, 0.2) is 18.4 Å². The average Bonchev–Trinajstić information content (AvgIpc) is 3.10. The molecule has 1 unspecified atom stereocenters. The van der Waals surface area contributed by atoms with Gasteiger partial charge in [-0.3, -0.25) is 4.52 Å². The van der Waals surface area contributed by atoms with Crippen LogP contribution in [0.4, 0.5) is 4.39 Å². The Labute approximate surface area is 286 Å². The van der Waals surface area contributed by atoms with Crippen molar-refractivity contribution in [3.63, 3.8) is 0 Å². The van der Waals surface area contributed by atoms with Crippen LogP contribution < -0.4 is 0 Å². The number of nitriles is 1. The number of rotatable bonds is 15. The van der Waals surface area contributed by atoms with E-state index in [2.05, 4.69) is 0 Å². The number of alkyl halides is 1. The molecule has 1 aliphatic heterocycles. The fourth-order valence-electron chi connectivity index (χ4n) is 5.09. The summed E-state index contributed by atoms with van der Waals surface area (Å²) < 4.78 is 54.1. The summed E-state index contributed by atoms with van der Waals surface area (Å²) >= 11 is 0. The fraction of sp³-hybridized carbons (Fsp3) is 0.389. The van der Waals surface area contributed by atoms with Crippen molar-refractivity contribution in [1.29, 1.82) is 5.26 Å². The largest absolute Gasteiger partial charge is 0.459 e. The van der Waals surface area contributed by atoms with E-state index in [0.717, 1.165) is 0 Å². The summed E-state index contributed by atoms with van der Waals surface area (Å²) in [6.45, 7) is 7.14. The predicted molar refractivity (Wildman–Crippen MR) is 178 cm³/mol. The van der Waals surface area contributed by atoms with Crippen molar-refractivity contribution in [3.8, 4) is 6.07 Å². The summed E-state index contributed by atoms with van der Waals surface area (Å²) in [5, 5.41) is 9.12. The summed E-state index contributed by atoms with van der Waals surface area (Å²) in [5.41, 5.74) is 0.536. The highest BCUT2D eigenvalue weighted by molar-refractivity contribution is 7.44. The third-order valence-corrected chi connectivity index (χ3v) is 9.42. The van der Waals surface area contributed by atoms with Gasteiger partial charge in [0, 0.05) is 12.1 Å². The molecule has 49 heavy (non-hydrogen) atoms. The quantitative estimate of drug-likeness (QED) is 0.0733. The van der Waals surface area contributed by atoms with Gasteiger partial charge >= 0.3 is 17.9 Å². The van der Waals surface area contributed by atoms with Crippen LogP contribution in [0.15, 0.2) is 91.0 Å². The zero-order valence-corrected chi connectivity index (χ0v) is 28.6. The molecular weight excluding hydrogens is 654 g/mol. The van der Waals surface area contributed by atoms with Gasteiger partial charge in [0.2, 0.25) is 6.29 Å². The SMILES string of the molecule is CC(C)N(C(C)C)P(OCCC#N)O[C@H]1O[C@H](COC(=O)c2ccccc2)[C@@H](OC(=O)c2ccccc2)[C@H](OC(=O)c2ccccc2)[C@@H]1F. The van der Waals surface area contributed by atoms with Crippen molar-refractivity contribution in [1.82, 2.24) is 4.67 Å². The van der Waals surface area contributed by atoms with E-state index in [9.17, 15) is 14.4 Å². The highest BCUT2D eigenvalue weighted by atomic mass is 31.2. The van der Waals surface area contributed by atoms with Crippen LogP contribution in [-0.4, -0.2) is 78.6 Å². The lowest BCUT2D eigenvalue weighted by Crippen LogP contribution is -2.60. The van der Waals surface area contributed by atoms with Crippen LogP contribution in [0, 0.1) is 11.3 Å². The van der Waals surface area contributed by atoms with Crippen LogP contribution in [0.1, 0.15) is 65.2 Å². The highest BCUT2D eigenvalue weighted by Crippen LogP contribution is 2.49. The maximum absolute atomic E-state index is 16.8. The van der Waals surface area contributed by atoms with Crippen molar-refractivity contribution < 1.29 is 46.8 Å². The minimum absolute atomic E-state index is 0.00364. The van der Waals surface area contributed by atoms with Crippen molar-refractivity contribution in [2.45, 2.75) is 77.0 Å². The number of halogens is 1. The van der Waals surface area contributed by atoms with Gasteiger partial charge < -0.3 is 23.5 Å². The van der Waals surface area contributed by atoms with Gasteiger partial charge in [-0.05, 0) is 64.1 Å². The molecule has 0 amide bonds. The minimum atomic E-state index is -2.20. The molecule has 1 heterocycles. The molecule has 260 valence electrons. The second-order valence-electron chi connectivity index (χ2n) is 11.6. The summed E-state index contributed by atoms with van der Waals surface area (Å²) in [7, 11) is -2.03. The van der Waals surface area contributed by atoms with Crippen molar-refractivity contribution >= 4 is 26.4 Å². The summed E-state index contributed by atoms with van der Waals surface area (Å²) in [4.78, 5) is 39.7. The molecule has 13 heteroatoms. The third-order valence-electron chi connectivity index (χ3n) is 7.32. The molecule has 4 rings (SSSR count). The summed E-state index contributed by atoms with van der Waals surface area (Å²) in [5.74, 6) is -2.43. The first-order valence-electron chi connectivity index (χ1n) is 15.9. The maximum Gasteiger partial charge on any atom is 0.338 e. The molecule has 0 N–H and O–H groups in total. The van der Waals surface area contributed by atoms with Crippen molar-refractivity contribution in [2.75, 3.05) is 13.2 Å². The normalized spacial score (nSPS) is 21.2. The number of benzene rings is 3. The fourth-order valence-corrected chi connectivity index (χ4v) is 6.74. The van der Waals surface area contributed by atoms with E-state index in [1.807, 2.05) is 38.4 Å². The number of hydrogen-bond acceptors (Lipinski definition) is 11. The third kappa shape index (κ3) is 10.4. The average molecular weight is 695 g/mol. The van der Waals surface area contributed by atoms with E-state index in [1.54, 1.807) is 66.7 Å². The molecule has 0 aliphatic carbocycles. The van der Waals surface area contributed by atoms with E-state index >= 15 is 4.39 Å². The monoisotopic (exact) mass is 694 g/mol. The molecule has 0 saturated carbocycles. The van der Waals surface area contributed by atoms with Crippen molar-refractivity contribution in [2.24, 2.45) is 0 Å². The molecule has 0 aromatic heterocycles. The standard InChI is InChI=1S/C36H40FN2O9P/c1-24(2)39(25(3)4)49(44-22-14-21-38)48-36-30(37)32(47-35(42)28-19-12-7-13-20-28)31(46-34(41)27-17-10-6-11-18-27)29(45-36)23-43-33(40)26-15-8-5-9-16-26/h5-13,15-20,24-25,29-32,36H,14,22-23H2,1-4H3/t29-,30+,31-,32-,36-,49?/m1/s1. The maximum atomic E-state index is 16.8. The van der Waals surface area contributed by atoms with Crippen LogP contribution in [0.25, 0.3) is 0 Å². The van der Waals surface area contributed by atoms with Crippen LogP contribution in [0.5, 0.6) is 0 Å². The lowest BCUT2D eigenvalue weighted by Gasteiger charge is -2.44. The molecule has 1 aliphatic rings. The Kier molecular flexibility index (Phi) is 14.2. The first-order valence-corrected chi connectivity index (χ1v) is 17.0. The van der Waals surface area contributed by atoms with Crippen LogP contribution in [0.2, 0.25) is 0 Å². The van der Waals surface area contributed by atoms with Gasteiger partial charge in [0.1, 0.15) is 12.7 Å². The first-order chi connectivity index (χ1) is 23.6. The zero-order chi connectivity index (χ0) is 35.3. The topological polar surface area (TPSA) is 134 Å². The Bertz CT molecular complexity index is 1530. The smallest absolute Gasteiger partial charge is 0.338 e. The lowest BCUT2D eigenvalue weighted by atomic mass is 9.99. The van der Waals surface area contributed by atoms with Crippen LogP contribution in [-0.2, 0) is 28.0 Å². The Hall–Kier alpha value is -4.24.